The van der Waals surface area contributed by atoms with Gasteiger partial charge in [-0.2, -0.15) is 0 Å². The fraction of sp³-hybridized carbons (Fsp3) is 0.0667. The van der Waals surface area contributed by atoms with Gasteiger partial charge in [0.05, 0.1) is 0 Å². The van der Waals surface area contributed by atoms with E-state index in [0.717, 1.165) is 16.5 Å². The smallest absolute Gasteiger partial charge is 0.212 e. The zero-order valence-corrected chi connectivity index (χ0v) is 11.4. The average molecular weight is 280 g/mol. The summed E-state index contributed by atoms with van der Waals surface area (Å²) in [6.45, 7) is 0. The molecule has 1 aromatic heterocycles. The van der Waals surface area contributed by atoms with E-state index in [4.69, 9.17) is 0 Å². The van der Waals surface area contributed by atoms with Crippen molar-refractivity contribution in [2.24, 2.45) is 0 Å². The maximum Gasteiger partial charge on any atom is 0.212 e. The van der Waals surface area contributed by atoms with E-state index < -0.39 is 0 Å². The molecule has 0 fully saturated rings. The second-order valence-corrected chi connectivity index (χ2v) is 5.62. The van der Waals surface area contributed by atoms with Crippen LogP contribution < -0.4 is 5.43 Å². The van der Waals surface area contributed by atoms with Crippen LogP contribution in [0.3, 0.4) is 0 Å². The summed E-state index contributed by atoms with van der Waals surface area (Å²) in [6.07, 6.45) is 0. The van der Waals surface area contributed by atoms with Crippen LogP contribution in [-0.2, 0) is 0 Å². The summed E-state index contributed by atoms with van der Waals surface area (Å²) in [7, 11) is 0. The molecule has 98 valence electrons. The molecule has 0 radical (unpaired) electrons. The van der Waals surface area contributed by atoms with Crippen LogP contribution in [0.2, 0.25) is 0 Å². The summed E-state index contributed by atoms with van der Waals surface area (Å²) in [6, 6.07) is 20.5. The van der Waals surface area contributed by atoms with E-state index in [-0.39, 0.29) is 5.37 Å². The van der Waals surface area contributed by atoms with Gasteiger partial charge in [0.1, 0.15) is 5.37 Å². The molecule has 0 saturated carbocycles. The lowest BCUT2D eigenvalue weighted by atomic mass is 10.2. The lowest BCUT2D eigenvalue weighted by molar-refractivity contribution is 0.792. The van der Waals surface area contributed by atoms with Crippen molar-refractivity contribution in [1.82, 2.24) is 14.9 Å². The van der Waals surface area contributed by atoms with Gasteiger partial charge >= 0.3 is 0 Å². The minimum atomic E-state index is 0.184. The highest BCUT2D eigenvalue weighted by atomic mass is 32.2. The van der Waals surface area contributed by atoms with E-state index in [1.165, 1.54) is 5.56 Å². The van der Waals surface area contributed by atoms with Crippen LogP contribution in [0.5, 0.6) is 0 Å². The van der Waals surface area contributed by atoms with Crippen molar-refractivity contribution in [1.29, 1.82) is 0 Å². The number of rotatable bonds is 2. The second-order valence-electron chi connectivity index (χ2n) is 4.55. The van der Waals surface area contributed by atoms with Gasteiger partial charge in [-0.05, 0) is 5.56 Å². The van der Waals surface area contributed by atoms with Crippen molar-refractivity contribution in [2.75, 3.05) is 5.43 Å². The summed E-state index contributed by atoms with van der Waals surface area (Å²) in [5.41, 5.74) is 5.75. The van der Waals surface area contributed by atoms with Crippen LogP contribution in [0.25, 0.3) is 11.4 Å². The molecule has 1 N–H and O–H groups in total. The molecule has 0 amide bonds. The largest absolute Gasteiger partial charge is 0.304 e. The van der Waals surface area contributed by atoms with Gasteiger partial charge < -0.3 is 5.43 Å². The van der Waals surface area contributed by atoms with Gasteiger partial charge in [0, 0.05) is 5.56 Å². The van der Waals surface area contributed by atoms with Crippen LogP contribution >= 0.6 is 11.8 Å². The SMILES string of the molecule is c1ccc(-c2nnc3n2N[C@@H](c2ccccc2)S3)cc1. The molecule has 0 saturated heterocycles. The molecule has 5 heteroatoms. The molecule has 0 aliphatic carbocycles. The Bertz CT molecular complexity index is 724. The number of nitrogens with one attached hydrogen (secondary N) is 1. The highest BCUT2D eigenvalue weighted by Gasteiger charge is 2.27. The lowest BCUT2D eigenvalue weighted by Gasteiger charge is -2.11. The van der Waals surface area contributed by atoms with Crippen molar-refractivity contribution in [3.63, 3.8) is 0 Å². The van der Waals surface area contributed by atoms with Crippen molar-refractivity contribution in [3.8, 4) is 11.4 Å². The molecular formula is C15H12N4S. The van der Waals surface area contributed by atoms with Gasteiger partial charge in [0.25, 0.3) is 0 Å². The molecule has 4 nitrogen and oxygen atoms in total. The number of aromatic nitrogens is 3. The molecule has 1 aliphatic heterocycles. The lowest BCUT2D eigenvalue weighted by Crippen LogP contribution is -2.13. The first kappa shape index (κ1) is 11.5. The van der Waals surface area contributed by atoms with Gasteiger partial charge in [0.2, 0.25) is 5.16 Å². The first-order chi connectivity index (χ1) is 9.92. The summed E-state index contributed by atoms with van der Waals surface area (Å²) in [4.78, 5) is 0. The number of hydrogen-bond donors (Lipinski definition) is 1. The van der Waals surface area contributed by atoms with E-state index in [0.29, 0.717) is 0 Å². The maximum absolute atomic E-state index is 4.27. The standard InChI is InChI=1S/C15H12N4S/c1-3-7-11(8-4-1)13-16-17-15-19(13)18-14(20-15)12-9-5-2-6-10-12/h1-10,14,18H/t14-/m1/s1. The predicted octanol–water partition coefficient (Wildman–Crippen LogP) is 3.29. The number of hydrogen-bond acceptors (Lipinski definition) is 4. The summed E-state index contributed by atoms with van der Waals surface area (Å²) >= 11 is 1.68. The predicted molar refractivity (Wildman–Crippen MR) is 79.9 cm³/mol. The zero-order valence-electron chi connectivity index (χ0n) is 10.6. The molecule has 1 aliphatic rings. The summed E-state index contributed by atoms with van der Waals surface area (Å²) in [5.74, 6) is 0.853. The fourth-order valence-corrected chi connectivity index (χ4v) is 3.25. The Hall–Kier alpha value is -2.27. The molecule has 0 unspecified atom stereocenters. The molecule has 3 aromatic rings. The number of nitrogens with zero attached hydrogens (tertiary/aromatic N) is 3. The highest BCUT2D eigenvalue weighted by molar-refractivity contribution is 7.99. The maximum atomic E-state index is 4.27. The Labute approximate surface area is 120 Å². The normalized spacial score (nSPS) is 16.7. The van der Waals surface area contributed by atoms with Crippen molar-refractivity contribution in [3.05, 3.63) is 66.2 Å². The third kappa shape index (κ3) is 1.87. The second kappa shape index (κ2) is 4.68. The van der Waals surface area contributed by atoms with Crippen LogP contribution in [-0.4, -0.2) is 14.9 Å². The van der Waals surface area contributed by atoms with Gasteiger partial charge in [-0.3, -0.25) is 0 Å². The molecule has 0 bridgehead atoms. The summed E-state index contributed by atoms with van der Waals surface area (Å²) < 4.78 is 1.97. The minimum absolute atomic E-state index is 0.184. The monoisotopic (exact) mass is 280 g/mol. The zero-order chi connectivity index (χ0) is 13.4. The van der Waals surface area contributed by atoms with Crippen molar-refractivity contribution >= 4 is 11.8 Å². The number of thioether (sulfide) groups is 1. The third-order valence-electron chi connectivity index (χ3n) is 3.24. The molecular weight excluding hydrogens is 268 g/mol. The van der Waals surface area contributed by atoms with Crippen LogP contribution in [0.1, 0.15) is 10.9 Å². The molecule has 20 heavy (non-hydrogen) atoms. The Balaban J connectivity index is 1.68. The van der Waals surface area contributed by atoms with Gasteiger partial charge in [-0.25, -0.2) is 4.68 Å². The minimum Gasteiger partial charge on any atom is -0.304 e. The Kier molecular flexibility index (Phi) is 2.70. The van der Waals surface area contributed by atoms with Crippen LogP contribution in [0, 0.1) is 0 Å². The highest BCUT2D eigenvalue weighted by Crippen LogP contribution is 2.39. The van der Waals surface area contributed by atoms with E-state index in [1.54, 1.807) is 11.8 Å². The molecule has 2 heterocycles. The van der Waals surface area contributed by atoms with Crippen LogP contribution in [0.4, 0.5) is 0 Å². The molecule has 2 aromatic carbocycles. The van der Waals surface area contributed by atoms with Gasteiger partial charge in [-0.1, -0.05) is 72.4 Å². The van der Waals surface area contributed by atoms with E-state index in [2.05, 4.69) is 39.9 Å². The van der Waals surface area contributed by atoms with E-state index >= 15 is 0 Å². The first-order valence-electron chi connectivity index (χ1n) is 6.41. The molecule has 0 spiro atoms. The van der Waals surface area contributed by atoms with Gasteiger partial charge in [-0.15, -0.1) is 10.2 Å². The third-order valence-corrected chi connectivity index (χ3v) is 4.33. The fourth-order valence-electron chi connectivity index (χ4n) is 2.26. The van der Waals surface area contributed by atoms with E-state index in [1.807, 2.05) is 41.1 Å². The number of fused-ring (bicyclic) bond motifs is 1. The first-order valence-corrected chi connectivity index (χ1v) is 7.29. The topological polar surface area (TPSA) is 42.7 Å². The molecule has 1 atom stereocenters. The molecule has 4 rings (SSSR count). The average Bonchev–Trinajstić information content (AvgIpc) is 3.09. The summed E-state index contributed by atoms with van der Waals surface area (Å²) in [5, 5.41) is 9.61. The van der Waals surface area contributed by atoms with Crippen LogP contribution in [0.15, 0.2) is 65.8 Å². The Morgan fingerprint density at radius 3 is 2.35 bits per heavy atom. The quantitative estimate of drug-likeness (QED) is 0.782. The Morgan fingerprint density at radius 2 is 1.60 bits per heavy atom. The van der Waals surface area contributed by atoms with Crippen molar-refractivity contribution in [2.45, 2.75) is 10.5 Å². The van der Waals surface area contributed by atoms with Gasteiger partial charge in [0.15, 0.2) is 5.82 Å². The number of benzene rings is 2. The van der Waals surface area contributed by atoms with E-state index in [9.17, 15) is 0 Å². The Morgan fingerprint density at radius 1 is 0.900 bits per heavy atom. The van der Waals surface area contributed by atoms with Crippen molar-refractivity contribution < 1.29 is 0 Å².